The number of hydrogen-bond donors (Lipinski definition) is 2. The van der Waals surface area contributed by atoms with Gasteiger partial charge < -0.3 is 5.32 Å². The lowest BCUT2D eigenvalue weighted by atomic mass is 10.1. The van der Waals surface area contributed by atoms with E-state index in [9.17, 15) is 22.8 Å². The largest absolute Gasteiger partial charge is 0.330 e. The van der Waals surface area contributed by atoms with Gasteiger partial charge in [0.15, 0.2) is 0 Å². The Balaban J connectivity index is 1.70. The summed E-state index contributed by atoms with van der Waals surface area (Å²) >= 11 is 0. The number of aromatic nitrogens is 2. The Morgan fingerprint density at radius 1 is 0.892 bits per heavy atom. The topological polar surface area (TPSA) is 119 Å². The highest BCUT2D eigenvalue weighted by molar-refractivity contribution is 7.89. The molecular formula is C27H28N4O5S. The zero-order chi connectivity index (χ0) is 26.9. The second kappa shape index (κ2) is 10.2. The van der Waals surface area contributed by atoms with Gasteiger partial charge in [-0.05, 0) is 67.3 Å². The molecule has 1 heterocycles. The second-order valence-corrected chi connectivity index (χ2v) is 10.8. The van der Waals surface area contributed by atoms with Gasteiger partial charge in [0.25, 0.3) is 5.56 Å². The fourth-order valence-corrected chi connectivity index (χ4v) is 5.30. The van der Waals surface area contributed by atoms with Crippen molar-refractivity contribution in [2.45, 2.75) is 31.2 Å². The predicted molar refractivity (Wildman–Crippen MR) is 143 cm³/mol. The number of rotatable bonds is 7. The highest BCUT2D eigenvalue weighted by atomic mass is 32.2. The van der Waals surface area contributed by atoms with E-state index >= 15 is 0 Å². The standard InChI is InChI=1S/C27H28N4O5S/c1-17-10-11-20(14-18(17)2)28-25(32)23(15-19-8-6-5-7-9-19)29-37(35,36)21-12-13-24-22(16-21)26(33)31(4)27(34)30(24)3/h5-14,16,23,29H,15H2,1-4H3,(H,28,32)/t23-/m1/s1. The molecule has 0 bridgehead atoms. The minimum atomic E-state index is -4.22. The lowest BCUT2D eigenvalue weighted by molar-refractivity contribution is -0.117. The smallest absolute Gasteiger partial charge is 0.325 e. The number of anilines is 1. The van der Waals surface area contributed by atoms with E-state index in [0.717, 1.165) is 21.3 Å². The summed E-state index contributed by atoms with van der Waals surface area (Å²) in [6.07, 6.45) is 0.112. The Hall–Kier alpha value is -4.02. The molecule has 3 aromatic carbocycles. The number of nitrogens with one attached hydrogen (secondary N) is 2. The molecule has 0 spiro atoms. The lowest BCUT2D eigenvalue weighted by Crippen LogP contribution is -2.45. The summed E-state index contributed by atoms with van der Waals surface area (Å²) in [5.74, 6) is -0.519. The third-order valence-corrected chi connectivity index (χ3v) is 7.89. The number of carbonyl (C=O) groups excluding carboxylic acids is 1. The molecule has 4 rings (SSSR count). The Morgan fingerprint density at radius 3 is 2.27 bits per heavy atom. The van der Waals surface area contributed by atoms with Crippen molar-refractivity contribution in [3.63, 3.8) is 0 Å². The number of sulfonamides is 1. The number of fused-ring (bicyclic) bond motifs is 1. The van der Waals surface area contributed by atoms with Crippen LogP contribution in [0.15, 0.2) is 81.2 Å². The zero-order valence-electron chi connectivity index (χ0n) is 21.0. The average Bonchev–Trinajstić information content (AvgIpc) is 2.88. The zero-order valence-corrected chi connectivity index (χ0v) is 21.8. The second-order valence-electron chi connectivity index (χ2n) is 9.04. The summed E-state index contributed by atoms with van der Waals surface area (Å²) < 4.78 is 31.5. The van der Waals surface area contributed by atoms with Crippen LogP contribution in [0.1, 0.15) is 16.7 Å². The van der Waals surface area contributed by atoms with E-state index in [4.69, 9.17) is 0 Å². The summed E-state index contributed by atoms with van der Waals surface area (Å²) in [6, 6.07) is 17.4. The fourth-order valence-electron chi connectivity index (χ4n) is 4.08. The van der Waals surface area contributed by atoms with Crippen molar-refractivity contribution in [1.82, 2.24) is 13.9 Å². The van der Waals surface area contributed by atoms with E-state index in [2.05, 4.69) is 10.0 Å². The van der Waals surface area contributed by atoms with Crippen LogP contribution in [0.25, 0.3) is 10.9 Å². The van der Waals surface area contributed by atoms with Crippen LogP contribution >= 0.6 is 0 Å². The first-order chi connectivity index (χ1) is 17.5. The van der Waals surface area contributed by atoms with Crippen molar-refractivity contribution >= 4 is 32.5 Å². The van der Waals surface area contributed by atoms with Crippen molar-refractivity contribution < 1.29 is 13.2 Å². The summed E-state index contributed by atoms with van der Waals surface area (Å²) in [7, 11) is -1.39. The normalized spacial score (nSPS) is 12.4. The molecule has 4 aromatic rings. The van der Waals surface area contributed by atoms with Crippen LogP contribution in [-0.4, -0.2) is 29.5 Å². The highest BCUT2D eigenvalue weighted by Gasteiger charge is 2.27. The number of carbonyl (C=O) groups is 1. The van der Waals surface area contributed by atoms with E-state index in [0.29, 0.717) is 11.2 Å². The molecule has 10 heteroatoms. The summed E-state index contributed by atoms with van der Waals surface area (Å²) in [5.41, 5.74) is 2.57. The predicted octanol–water partition coefficient (Wildman–Crippen LogP) is 2.38. The van der Waals surface area contributed by atoms with Gasteiger partial charge in [0.05, 0.1) is 15.8 Å². The molecule has 0 aliphatic rings. The minimum Gasteiger partial charge on any atom is -0.325 e. The van der Waals surface area contributed by atoms with E-state index in [1.165, 1.54) is 36.9 Å². The Morgan fingerprint density at radius 2 is 1.59 bits per heavy atom. The van der Waals surface area contributed by atoms with Crippen molar-refractivity contribution in [3.05, 3.63) is 104 Å². The van der Waals surface area contributed by atoms with Gasteiger partial charge in [0, 0.05) is 19.8 Å². The van der Waals surface area contributed by atoms with Gasteiger partial charge in [0.2, 0.25) is 15.9 Å². The molecule has 1 aromatic heterocycles. The van der Waals surface area contributed by atoms with Crippen LogP contribution in [0.5, 0.6) is 0 Å². The summed E-state index contributed by atoms with van der Waals surface area (Å²) in [4.78, 5) is 38.0. The van der Waals surface area contributed by atoms with Gasteiger partial charge in [-0.1, -0.05) is 36.4 Å². The van der Waals surface area contributed by atoms with E-state index in [1.54, 1.807) is 6.07 Å². The molecule has 0 radical (unpaired) electrons. The molecule has 0 aliphatic carbocycles. The molecule has 0 saturated carbocycles. The quantitative estimate of drug-likeness (QED) is 0.388. The molecule has 1 amide bonds. The maximum atomic E-state index is 13.4. The lowest BCUT2D eigenvalue weighted by Gasteiger charge is -2.19. The van der Waals surface area contributed by atoms with Gasteiger partial charge in [-0.2, -0.15) is 4.72 Å². The number of aryl methyl sites for hydroxylation is 3. The molecule has 37 heavy (non-hydrogen) atoms. The number of benzene rings is 3. The van der Waals surface area contributed by atoms with Crippen molar-refractivity contribution in [1.29, 1.82) is 0 Å². The molecule has 0 unspecified atom stereocenters. The average molecular weight is 521 g/mol. The van der Waals surface area contributed by atoms with Crippen LogP contribution in [0.4, 0.5) is 5.69 Å². The van der Waals surface area contributed by atoms with Crippen molar-refractivity contribution in [2.24, 2.45) is 14.1 Å². The molecule has 0 saturated heterocycles. The Labute approximate surface area is 214 Å². The van der Waals surface area contributed by atoms with Crippen LogP contribution in [0, 0.1) is 13.8 Å². The number of hydrogen-bond acceptors (Lipinski definition) is 5. The molecule has 1 atom stereocenters. The summed E-state index contributed by atoms with van der Waals surface area (Å²) in [5, 5.41) is 2.88. The monoisotopic (exact) mass is 520 g/mol. The first-order valence-corrected chi connectivity index (χ1v) is 13.1. The van der Waals surface area contributed by atoms with Crippen LogP contribution < -0.4 is 21.3 Å². The van der Waals surface area contributed by atoms with E-state index in [-0.39, 0.29) is 16.7 Å². The molecule has 0 aliphatic heterocycles. The molecule has 2 N–H and O–H groups in total. The molecule has 192 valence electrons. The maximum absolute atomic E-state index is 13.4. The third kappa shape index (κ3) is 5.40. The van der Waals surface area contributed by atoms with Gasteiger partial charge in [-0.3, -0.25) is 18.7 Å². The summed E-state index contributed by atoms with van der Waals surface area (Å²) in [6.45, 7) is 3.89. The Bertz CT molecular complexity index is 1720. The highest BCUT2D eigenvalue weighted by Crippen LogP contribution is 2.18. The maximum Gasteiger partial charge on any atom is 0.330 e. The Kier molecular flexibility index (Phi) is 7.15. The van der Waals surface area contributed by atoms with Crippen LogP contribution in [0.3, 0.4) is 0 Å². The van der Waals surface area contributed by atoms with Crippen LogP contribution in [-0.2, 0) is 35.3 Å². The molecule has 9 nitrogen and oxygen atoms in total. The van der Waals surface area contributed by atoms with Gasteiger partial charge in [0.1, 0.15) is 6.04 Å². The fraction of sp³-hybridized carbons (Fsp3) is 0.222. The van der Waals surface area contributed by atoms with Crippen molar-refractivity contribution in [2.75, 3.05) is 5.32 Å². The number of amides is 1. The van der Waals surface area contributed by atoms with Gasteiger partial charge in [-0.15, -0.1) is 0 Å². The first-order valence-electron chi connectivity index (χ1n) is 11.6. The van der Waals surface area contributed by atoms with Gasteiger partial charge in [-0.25, -0.2) is 13.2 Å². The number of nitrogens with zero attached hydrogens (tertiary/aromatic N) is 2. The van der Waals surface area contributed by atoms with Gasteiger partial charge >= 0.3 is 5.69 Å². The van der Waals surface area contributed by atoms with Crippen molar-refractivity contribution in [3.8, 4) is 0 Å². The first kappa shape index (κ1) is 26.1. The third-order valence-electron chi connectivity index (χ3n) is 6.42. The molecular weight excluding hydrogens is 492 g/mol. The SMILES string of the molecule is Cc1ccc(NC(=O)[C@@H](Cc2ccccc2)NS(=O)(=O)c2ccc3c(c2)c(=O)n(C)c(=O)n3C)cc1C. The van der Waals surface area contributed by atoms with E-state index < -0.39 is 33.2 Å². The molecule has 0 fully saturated rings. The minimum absolute atomic E-state index is 0.0756. The van der Waals surface area contributed by atoms with E-state index in [1.807, 2.05) is 56.3 Å². The van der Waals surface area contributed by atoms with Crippen LogP contribution in [0.2, 0.25) is 0 Å².